The van der Waals surface area contributed by atoms with Gasteiger partial charge in [-0.25, -0.2) is 4.98 Å². The first kappa shape index (κ1) is 16.6. The second kappa shape index (κ2) is 7.20. The fourth-order valence-electron chi connectivity index (χ4n) is 3.51. The Kier molecular flexibility index (Phi) is 4.61. The zero-order valence-electron chi connectivity index (χ0n) is 14.9. The summed E-state index contributed by atoms with van der Waals surface area (Å²) in [5.41, 5.74) is 2.09. The maximum absolute atomic E-state index is 12.3. The van der Waals surface area contributed by atoms with Crippen LogP contribution in [0.25, 0.3) is 11.3 Å². The number of fused-ring (bicyclic) bond motifs is 1. The summed E-state index contributed by atoms with van der Waals surface area (Å²) in [5.74, 6) is 2.89. The molecule has 26 heavy (non-hydrogen) atoms. The minimum Gasteiger partial charge on any atom is -0.461 e. The van der Waals surface area contributed by atoms with E-state index in [1.807, 2.05) is 49.4 Å². The van der Waals surface area contributed by atoms with Crippen LogP contribution < -0.4 is 5.32 Å². The van der Waals surface area contributed by atoms with E-state index in [0.717, 1.165) is 48.0 Å². The van der Waals surface area contributed by atoms with Gasteiger partial charge in [-0.1, -0.05) is 30.3 Å². The summed E-state index contributed by atoms with van der Waals surface area (Å²) >= 11 is 0. The number of furan rings is 1. The summed E-state index contributed by atoms with van der Waals surface area (Å²) < 4.78 is 8.02. The van der Waals surface area contributed by atoms with Crippen molar-refractivity contribution in [3.63, 3.8) is 0 Å². The Morgan fingerprint density at radius 1 is 1.27 bits per heavy atom. The predicted octanol–water partition coefficient (Wildman–Crippen LogP) is 3.52. The number of hydrogen-bond acceptors (Lipinski definition) is 3. The van der Waals surface area contributed by atoms with Crippen LogP contribution in [0.5, 0.6) is 0 Å². The second-order valence-corrected chi connectivity index (χ2v) is 6.89. The number of carbonyl (C=O) groups is 1. The first-order valence-electron chi connectivity index (χ1n) is 9.13. The minimum atomic E-state index is 0.0768. The largest absolute Gasteiger partial charge is 0.461 e. The van der Waals surface area contributed by atoms with Gasteiger partial charge in [-0.15, -0.1) is 0 Å². The molecule has 1 amide bonds. The number of aryl methyl sites for hydroxylation is 3. The average Bonchev–Trinajstić information content (AvgIpc) is 3.26. The van der Waals surface area contributed by atoms with Crippen LogP contribution in [0.3, 0.4) is 0 Å². The van der Waals surface area contributed by atoms with Gasteiger partial charge in [-0.05, 0) is 25.5 Å². The molecule has 0 spiro atoms. The lowest BCUT2D eigenvalue weighted by Crippen LogP contribution is -2.40. The number of hydrogen-bond donors (Lipinski definition) is 1. The Balaban J connectivity index is 1.29. The highest BCUT2D eigenvalue weighted by Gasteiger charge is 2.21. The SMILES string of the molecule is Cc1cn2c(n1)CC[C@H](NC(=O)CCc1ccc(-c3ccccc3)o1)C2. The van der Waals surface area contributed by atoms with Crippen LogP contribution >= 0.6 is 0 Å². The number of rotatable bonds is 5. The first-order chi connectivity index (χ1) is 12.7. The molecule has 1 N–H and O–H groups in total. The first-order valence-corrected chi connectivity index (χ1v) is 9.13. The van der Waals surface area contributed by atoms with E-state index in [0.29, 0.717) is 12.8 Å². The number of nitrogens with one attached hydrogen (secondary N) is 1. The van der Waals surface area contributed by atoms with Crippen LogP contribution in [-0.4, -0.2) is 21.5 Å². The molecule has 0 radical (unpaired) electrons. The highest BCUT2D eigenvalue weighted by atomic mass is 16.3. The third-order valence-corrected chi connectivity index (χ3v) is 4.80. The zero-order valence-corrected chi connectivity index (χ0v) is 14.9. The number of benzene rings is 1. The average molecular weight is 349 g/mol. The van der Waals surface area contributed by atoms with E-state index in [4.69, 9.17) is 4.42 Å². The molecular formula is C21H23N3O2. The van der Waals surface area contributed by atoms with Crippen LogP contribution in [0.1, 0.15) is 30.1 Å². The third-order valence-electron chi connectivity index (χ3n) is 4.80. The highest BCUT2D eigenvalue weighted by molar-refractivity contribution is 5.76. The molecule has 1 aromatic carbocycles. The Hall–Kier alpha value is -2.82. The molecule has 0 unspecified atom stereocenters. The highest BCUT2D eigenvalue weighted by Crippen LogP contribution is 2.22. The van der Waals surface area contributed by atoms with Crippen LogP contribution in [0.15, 0.2) is 53.1 Å². The van der Waals surface area contributed by atoms with Gasteiger partial charge in [0.15, 0.2) is 0 Å². The van der Waals surface area contributed by atoms with Gasteiger partial charge in [0.2, 0.25) is 5.91 Å². The molecule has 0 saturated heterocycles. The standard InChI is InChI=1S/C21H23N3O2/c1-15-13-24-14-17(7-11-20(24)22-15)23-21(25)12-9-18-8-10-19(26-18)16-5-3-2-4-6-16/h2-6,8,10,13,17H,7,9,11-12,14H2,1H3,(H,23,25)/t17-/m0/s1. The summed E-state index contributed by atoms with van der Waals surface area (Å²) in [6.07, 6.45) is 4.97. The van der Waals surface area contributed by atoms with E-state index >= 15 is 0 Å². The topological polar surface area (TPSA) is 60.1 Å². The molecule has 3 heterocycles. The number of aromatic nitrogens is 2. The summed E-state index contributed by atoms with van der Waals surface area (Å²) in [6.45, 7) is 2.81. The molecule has 1 aliphatic rings. The third kappa shape index (κ3) is 3.72. The number of amides is 1. The van der Waals surface area contributed by atoms with Crippen molar-refractivity contribution in [2.45, 2.75) is 45.2 Å². The molecule has 5 heteroatoms. The maximum Gasteiger partial charge on any atom is 0.220 e. The van der Waals surface area contributed by atoms with E-state index in [1.165, 1.54) is 0 Å². The van der Waals surface area contributed by atoms with Crippen molar-refractivity contribution in [2.24, 2.45) is 0 Å². The molecule has 5 nitrogen and oxygen atoms in total. The van der Waals surface area contributed by atoms with Crippen LogP contribution in [-0.2, 0) is 24.2 Å². The lowest BCUT2D eigenvalue weighted by atomic mass is 10.1. The van der Waals surface area contributed by atoms with Crippen LogP contribution in [0.4, 0.5) is 0 Å². The molecule has 0 bridgehead atoms. The molecule has 134 valence electrons. The predicted molar refractivity (Wildman–Crippen MR) is 99.7 cm³/mol. The van der Waals surface area contributed by atoms with E-state index in [9.17, 15) is 4.79 Å². The Morgan fingerprint density at radius 2 is 2.12 bits per heavy atom. The maximum atomic E-state index is 12.3. The normalized spacial score (nSPS) is 16.3. The summed E-state index contributed by atoms with van der Waals surface area (Å²) in [4.78, 5) is 16.8. The lowest BCUT2D eigenvalue weighted by molar-refractivity contribution is -0.122. The zero-order chi connectivity index (χ0) is 17.9. The number of carbonyl (C=O) groups excluding carboxylic acids is 1. The van der Waals surface area contributed by atoms with E-state index in [1.54, 1.807) is 0 Å². The lowest BCUT2D eigenvalue weighted by Gasteiger charge is -2.24. The number of imidazole rings is 1. The Morgan fingerprint density at radius 3 is 2.96 bits per heavy atom. The van der Waals surface area contributed by atoms with E-state index < -0.39 is 0 Å². The molecule has 0 saturated carbocycles. The smallest absolute Gasteiger partial charge is 0.220 e. The van der Waals surface area contributed by atoms with Crippen molar-refractivity contribution in [2.75, 3.05) is 0 Å². The Bertz CT molecular complexity index is 895. The van der Waals surface area contributed by atoms with Gasteiger partial charge in [0.05, 0.1) is 5.69 Å². The monoisotopic (exact) mass is 349 g/mol. The van der Waals surface area contributed by atoms with Gasteiger partial charge in [-0.2, -0.15) is 0 Å². The fraction of sp³-hybridized carbons (Fsp3) is 0.333. The van der Waals surface area contributed by atoms with Gasteiger partial charge in [0, 0.05) is 43.6 Å². The number of nitrogens with zero attached hydrogens (tertiary/aromatic N) is 2. The van der Waals surface area contributed by atoms with E-state index in [2.05, 4.69) is 21.1 Å². The fourth-order valence-corrected chi connectivity index (χ4v) is 3.51. The molecule has 0 fully saturated rings. The molecule has 1 atom stereocenters. The summed E-state index contributed by atoms with van der Waals surface area (Å²) in [6, 6.07) is 14.1. The van der Waals surface area contributed by atoms with Crippen molar-refractivity contribution in [3.05, 3.63) is 65.9 Å². The van der Waals surface area contributed by atoms with Crippen molar-refractivity contribution in [1.29, 1.82) is 0 Å². The van der Waals surface area contributed by atoms with Crippen LogP contribution in [0, 0.1) is 6.92 Å². The quantitative estimate of drug-likeness (QED) is 0.767. The van der Waals surface area contributed by atoms with Crippen molar-refractivity contribution >= 4 is 5.91 Å². The van der Waals surface area contributed by atoms with Gasteiger partial charge < -0.3 is 14.3 Å². The molecular weight excluding hydrogens is 326 g/mol. The summed E-state index contributed by atoms with van der Waals surface area (Å²) in [5, 5.41) is 3.15. The minimum absolute atomic E-state index is 0.0768. The van der Waals surface area contributed by atoms with E-state index in [-0.39, 0.29) is 11.9 Å². The van der Waals surface area contributed by atoms with Gasteiger partial charge in [-0.3, -0.25) is 4.79 Å². The second-order valence-electron chi connectivity index (χ2n) is 6.89. The van der Waals surface area contributed by atoms with Crippen molar-refractivity contribution in [1.82, 2.24) is 14.9 Å². The van der Waals surface area contributed by atoms with Crippen molar-refractivity contribution < 1.29 is 9.21 Å². The molecule has 3 aromatic rings. The molecule has 1 aliphatic heterocycles. The summed E-state index contributed by atoms with van der Waals surface area (Å²) in [7, 11) is 0. The molecule has 2 aromatic heterocycles. The Labute approximate surface area is 153 Å². The van der Waals surface area contributed by atoms with Gasteiger partial charge in [0.1, 0.15) is 17.3 Å². The molecule has 0 aliphatic carbocycles. The van der Waals surface area contributed by atoms with Gasteiger partial charge in [0.25, 0.3) is 0 Å². The van der Waals surface area contributed by atoms with Crippen LogP contribution in [0.2, 0.25) is 0 Å². The molecule has 4 rings (SSSR count). The van der Waals surface area contributed by atoms with Gasteiger partial charge >= 0.3 is 0 Å². The van der Waals surface area contributed by atoms with Crippen molar-refractivity contribution in [3.8, 4) is 11.3 Å².